The first-order valence-electron chi connectivity index (χ1n) is 11.7. The number of carbonyl (C=O) groups excluding carboxylic acids is 2. The van der Waals surface area contributed by atoms with Crippen LogP contribution in [-0.4, -0.2) is 61.5 Å². The summed E-state index contributed by atoms with van der Waals surface area (Å²) in [4.78, 5) is 28.7. The summed E-state index contributed by atoms with van der Waals surface area (Å²) in [5.41, 5.74) is 2.11. The maximum Gasteiger partial charge on any atom is 0.323 e. The molecule has 9 nitrogen and oxygen atoms in total. The minimum atomic E-state index is -0.537. The molecule has 1 heterocycles. The number of para-hydroxylation sites is 1. The molecule has 37 heavy (non-hydrogen) atoms. The summed E-state index contributed by atoms with van der Waals surface area (Å²) in [7, 11) is 0. The van der Waals surface area contributed by atoms with E-state index in [0.717, 1.165) is 5.69 Å². The number of amides is 4. The minimum absolute atomic E-state index is 0.0999. The third-order valence-corrected chi connectivity index (χ3v) is 6.03. The first-order valence-corrected chi connectivity index (χ1v) is 12.1. The molecular weight excluding hydrogens is 501 g/mol. The topological polar surface area (TPSA) is 106 Å². The Morgan fingerprint density at radius 1 is 0.919 bits per heavy atom. The molecule has 4 amide bonds. The van der Waals surface area contributed by atoms with E-state index in [0.29, 0.717) is 48.3 Å². The van der Waals surface area contributed by atoms with Gasteiger partial charge in [0.2, 0.25) is 0 Å². The number of urea groups is 2. The molecule has 3 aromatic carbocycles. The lowest BCUT2D eigenvalue weighted by Crippen LogP contribution is -2.50. The van der Waals surface area contributed by atoms with Crippen LogP contribution in [0.1, 0.15) is 0 Å². The maximum absolute atomic E-state index is 13.7. The number of hydrogen-bond acceptors (Lipinski definition) is 5. The van der Waals surface area contributed by atoms with E-state index in [2.05, 4.69) is 20.9 Å². The van der Waals surface area contributed by atoms with E-state index in [1.807, 2.05) is 12.1 Å². The molecule has 1 fully saturated rings. The van der Waals surface area contributed by atoms with Crippen molar-refractivity contribution in [3.05, 3.63) is 77.6 Å². The summed E-state index contributed by atoms with van der Waals surface area (Å²) in [6.07, 6.45) is 0. The largest absolute Gasteiger partial charge is 0.491 e. The Balaban J connectivity index is 1.25. The van der Waals surface area contributed by atoms with Crippen molar-refractivity contribution in [3.63, 3.8) is 0 Å². The maximum atomic E-state index is 13.7. The van der Waals surface area contributed by atoms with Crippen LogP contribution < -0.4 is 25.6 Å². The fourth-order valence-corrected chi connectivity index (χ4v) is 4.03. The van der Waals surface area contributed by atoms with Crippen molar-refractivity contribution in [1.82, 2.24) is 4.90 Å². The molecule has 1 aliphatic rings. The quantitative estimate of drug-likeness (QED) is 0.351. The summed E-state index contributed by atoms with van der Waals surface area (Å²) in [6, 6.07) is 17.4. The van der Waals surface area contributed by atoms with Gasteiger partial charge in [-0.3, -0.25) is 0 Å². The van der Waals surface area contributed by atoms with Gasteiger partial charge in [0, 0.05) is 43.6 Å². The Bertz CT molecular complexity index is 1240. The number of carbonyl (C=O) groups is 2. The Hall–Kier alpha value is -4.02. The average molecular weight is 528 g/mol. The van der Waals surface area contributed by atoms with E-state index in [4.69, 9.17) is 21.4 Å². The van der Waals surface area contributed by atoms with Crippen LogP contribution in [0.15, 0.2) is 66.7 Å². The highest BCUT2D eigenvalue weighted by molar-refractivity contribution is 6.33. The van der Waals surface area contributed by atoms with E-state index in [-0.39, 0.29) is 24.9 Å². The van der Waals surface area contributed by atoms with Gasteiger partial charge in [0.15, 0.2) is 0 Å². The highest BCUT2D eigenvalue weighted by atomic mass is 35.5. The zero-order chi connectivity index (χ0) is 26.2. The first kappa shape index (κ1) is 26.1. The SMILES string of the molecule is O=C(Nc1ccc(N2CCN(C(=O)Nc3ccc(OCCO)cc3Cl)CC2)cc1)Nc1ccccc1F. The minimum Gasteiger partial charge on any atom is -0.491 e. The highest BCUT2D eigenvalue weighted by Gasteiger charge is 2.22. The summed E-state index contributed by atoms with van der Waals surface area (Å²) < 4.78 is 19.0. The molecule has 0 aliphatic carbocycles. The second-order valence-corrected chi connectivity index (χ2v) is 8.63. The third-order valence-electron chi connectivity index (χ3n) is 5.72. The van der Waals surface area contributed by atoms with Gasteiger partial charge in [-0.2, -0.15) is 0 Å². The number of aliphatic hydroxyl groups excluding tert-OH is 1. The summed E-state index contributed by atoms with van der Waals surface area (Å²) >= 11 is 6.26. The predicted molar refractivity (Wildman–Crippen MR) is 142 cm³/mol. The van der Waals surface area contributed by atoms with Crippen molar-refractivity contribution in [2.75, 3.05) is 60.2 Å². The van der Waals surface area contributed by atoms with Crippen LogP contribution in [-0.2, 0) is 0 Å². The molecule has 194 valence electrons. The van der Waals surface area contributed by atoms with Gasteiger partial charge in [0.05, 0.1) is 23.0 Å². The first-order chi connectivity index (χ1) is 17.9. The van der Waals surface area contributed by atoms with Crippen LogP contribution in [0.25, 0.3) is 0 Å². The normalized spacial score (nSPS) is 13.2. The van der Waals surface area contributed by atoms with Crippen molar-refractivity contribution in [3.8, 4) is 5.75 Å². The van der Waals surface area contributed by atoms with Gasteiger partial charge in [0.1, 0.15) is 18.2 Å². The second-order valence-electron chi connectivity index (χ2n) is 8.22. The number of rotatable bonds is 7. The van der Waals surface area contributed by atoms with Gasteiger partial charge in [-0.15, -0.1) is 0 Å². The molecule has 0 radical (unpaired) electrons. The van der Waals surface area contributed by atoms with Crippen LogP contribution in [0.5, 0.6) is 5.75 Å². The van der Waals surface area contributed by atoms with Crippen molar-refractivity contribution in [1.29, 1.82) is 0 Å². The fourth-order valence-electron chi connectivity index (χ4n) is 3.82. The van der Waals surface area contributed by atoms with Gasteiger partial charge >= 0.3 is 12.1 Å². The number of nitrogens with zero attached hydrogens (tertiary/aromatic N) is 2. The van der Waals surface area contributed by atoms with E-state index >= 15 is 0 Å². The number of nitrogens with one attached hydrogen (secondary N) is 3. The second kappa shape index (κ2) is 12.3. The third kappa shape index (κ3) is 7.02. The number of halogens is 2. The van der Waals surface area contributed by atoms with E-state index in [1.165, 1.54) is 12.1 Å². The Morgan fingerprint density at radius 3 is 2.32 bits per heavy atom. The smallest absolute Gasteiger partial charge is 0.323 e. The van der Waals surface area contributed by atoms with E-state index in [1.54, 1.807) is 47.4 Å². The number of ether oxygens (including phenoxy) is 1. The monoisotopic (exact) mass is 527 g/mol. The van der Waals surface area contributed by atoms with Gasteiger partial charge < -0.3 is 35.6 Å². The molecule has 0 atom stereocenters. The summed E-state index contributed by atoms with van der Waals surface area (Å²) in [5, 5.41) is 17.2. The van der Waals surface area contributed by atoms with Gasteiger partial charge in [-0.25, -0.2) is 14.0 Å². The summed E-state index contributed by atoms with van der Waals surface area (Å²) in [5.74, 6) is 0.00303. The molecule has 0 saturated carbocycles. The number of benzene rings is 3. The van der Waals surface area contributed by atoms with Gasteiger partial charge in [-0.05, 0) is 48.5 Å². The van der Waals surface area contributed by atoms with E-state index < -0.39 is 11.8 Å². The van der Waals surface area contributed by atoms with Crippen molar-refractivity contribution >= 4 is 46.4 Å². The standard InChI is InChI=1S/C26H27ClFN5O4/c27-21-17-20(37-16-15-34)9-10-23(21)31-26(36)33-13-11-32(12-14-33)19-7-5-18(6-8-19)29-25(35)30-24-4-2-1-3-22(24)28/h1-10,17,34H,11-16H2,(H,31,36)(H2,29,30,35). The van der Waals surface area contributed by atoms with Crippen molar-refractivity contribution in [2.24, 2.45) is 0 Å². The molecule has 0 spiro atoms. The Labute approximate surface area is 218 Å². The lowest BCUT2D eigenvalue weighted by Gasteiger charge is -2.36. The van der Waals surface area contributed by atoms with Gasteiger partial charge in [0.25, 0.3) is 0 Å². The molecule has 0 aromatic heterocycles. The molecule has 0 bridgehead atoms. The van der Waals surface area contributed by atoms with Gasteiger partial charge in [-0.1, -0.05) is 23.7 Å². The predicted octanol–water partition coefficient (Wildman–Crippen LogP) is 4.85. The zero-order valence-corrected chi connectivity index (χ0v) is 20.7. The Kier molecular flexibility index (Phi) is 8.65. The molecular formula is C26H27ClFN5O4. The zero-order valence-electron chi connectivity index (χ0n) is 19.9. The lowest BCUT2D eigenvalue weighted by atomic mass is 10.2. The Morgan fingerprint density at radius 2 is 1.65 bits per heavy atom. The van der Waals surface area contributed by atoms with Crippen molar-refractivity contribution < 1.29 is 23.8 Å². The molecule has 11 heteroatoms. The average Bonchev–Trinajstić information content (AvgIpc) is 2.90. The number of piperazine rings is 1. The lowest BCUT2D eigenvalue weighted by molar-refractivity contribution is 0.201. The molecule has 1 saturated heterocycles. The fraction of sp³-hybridized carbons (Fsp3) is 0.231. The molecule has 4 rings (SSSR count). The van der Waals surface area contributed by atoms with Crippen LogP contribution in [0.2, 0.25) is 5.02 Å². The number of hydrogen-bond donors (Lipinski definition) is 4. The molecule has 0 unspecified atom stereocenters. The summed E-state index contributed by atoms with van der Waals surface area (Å²) in [6.45, 7) is 2.37. The molecule has 1 aliphatic heterocycles. The van der Waals surface area contributed by atoms with Crippen LogP contribution >= 0.6 is 11.6 Å². The molecule has 3 aromatic rings. The van der Waals surface area contributed by atoms with Crippen LogP contribution in [0.3, 0.4) is 0 Å². The van der Waals surface area contributed by atoms with Crippen molar-refractivity contribution in [2.45, 2.75) is 0 Å². The molecule has 4 N–H and O–H groups in total. The van der Waals surface area contributed by atoms with E-state index in [9.17, 15) is 14.0 Å². The number of aliphatic hydroxyl groups is 1. The van der Waals surface area contributed by atoms with Crippen LogP contribution in [0, 0.1) is 5.82 Å². The number of anilines is 4. The van der Waals surface area contributed by atoms with Crippen LogP contribution in [0.4, 0.5) is 36.7 Å². The highest BCUT2D eigenvalue weighted by Crippen LogP contribution is 2.27.